The minimum atomic E-state index is -1.18. The highest BCUT2D eigenvalue weighted by Crippen LogP contribution is 2.18. The monoisotopic (exact) mass is 278 g/mol. The number of nitrogens with zero attached hydrogens (tertiary/aromatic N) is 1. The molecule has 0 fully saturated rings. The smallest absolute Gasteiger partial charge is 0.353 e. The summed E-state index contributed by atoms with van der Waals surface area (Å²) in [5.41, 5.74) is 0.419. The van der Waals surface area contributed by atoms with E-state index in [-0.39, 0.29) is 12.1 Å². The van der Waals surface area contributed by atoms with Crippen LogP contribution in [0.25, 0.3) is 0 Å². The lowest BCUT2D eigenvalue weighted by Gasteiger charge is -2.10. The molecule has 1 aliphatic rings. The van der Waals surface area contributed by atoms with Crippen molar-refractivity contribution in [3.8, 4) is 5.75 Å². The molecule has 1 unspecified atom stereocenters. The molecule has 106 valence electrons. The van der Waals surface area contributed by atoms with Crippen molar-refractivity contribution in [3.63, 3.8) is 0 Å². The molecule has 0 spiro atoms. The van der Waals surface area contributed by atoms with Gasteiger partial charge in [-0.3, -0.25) is 4.79 Å². The first kappa shape index (κ1) is 13.9. The maximum atomic E-state index is 11.9. The number of rotatable bonds is 5. The second-order valence-corrected chi connectivity index (χ2v) is 4.09. The predicted octanol–water partition coefficient (Wildman–Crippen LogP) is 1.25. The molecule has 0 bridgehead atoms. The van der Waals surface area contributed by atoms with Crippen molar-refractivity contribution in [2.45, 2.75) is 19.4 Å². The van der Waals surface area contributed by atoms with E-state index in [9.17, 15) is 9.59 Å². The lowest BCUT2D eigenvalue weighted by Crippen LogP contribution is -2.28. The van der Waals surface area contributed by atoms with Crippen molar-refractivity contribution in [1.82, 2.24) is 0 Å². The molecule has 0 radical (unpaired) electrons. The quantitative estimate of drug-likeness (QED) is 0.844. The number of aliphatic carboxylic acids is 1. The lowest BCUT2D eigenvalue weighted by molar-refractivity contribution is -0.129. The van der Waals surface area contributed by atoms with Gasteiger partial charge in [-0.05, 0) is 31.2 Å². The van der Waals surface area contributed by atoms with Gasteiger partial charge in [-0.25, -0.2) is 4.79 Å². The summed E-state index contributed by atoms with van der Waals surface area (Å²) < 4.78 is 5.29. The fourth-order valence-corrected chi connectivity index (χ4v) is 1.67. The largest absolute Gasteiger partial charge is 0.494 e. The first-order valence-electron chi connectivity index (χ1n) is 6.10. The molecule has 20 heavy (non-hydrogen) atoms. The Morgan fingerprint density at radius 1 is 1.45 bits per heavy atom. The third-order valence-corrected chi connectivity index (χ3v) is 2.64. The van der Waals surface area contributed by atoms with E-state index in [1.54, 1.807) is 24.3 Å². The van der Waals surface area contributed by atoms with Gasteiger partial charge in [0.25, 0.3) is 5.91 Å². The van der Waals surface area contributed by atoms with Gasteiger partial charge in [0.05, 0.1) is 6.61 Å². The molecule has 1 aromatic rings. The lowest BCUT2D eigenvalue weighted by atomic mass is 10.1. The molecule has 0 saturated carbocycles. The Labute approximate surface area is 115 Å². The zero-order valence-corrected chi connectivity index (χ0v) is 10.8. The third-order valence-electron chi connectivity index (χ3n) is 2.64. The summed E-state index contributed by atoms with van der Waals surface area (Å²) in [5, 5.41) is 14.7. The number of carboxylic acids is 1. The molecule has 0 aromatic heterocycles. The topological polar surface area (TPSA) is 97.2 Å². The molecule has 2 rings (SSSR count). The number of carboxylic acid groups (broad SMARTS) is 1. The maximum Gasteiger partial charge on any atom is 0.353 e. The van der Waals surface area contributed by atoms with Crippen LogP contribution in [-0.4, -0.2) is 35.4 Å². The molecular weight excluding hydrogens is 264 g/mol. The zero-order chi connectivity index (χ0) is 14.5. The van der Waals surface area contributed by atoms with Crippen LogP contribution in [0.1, 0.15) is 13.3 Å². The van der Waals surface area contributed by atoms with Crippen molar-refractivity contribution in [2.75, 3.05) is 11.9 Å². The van der Waals surface area contributed by atoms with Gasteiger partial charge in [0.15, 0.2) is 5.71 Å². The van der Waals surface area contributed by atoms with E-state index in [2.05, 4.69) is 10.5 Å². The van der Waals surface area contributed by atoms with E-state index < -0.39 is 18.0 Å². The van der Waals surface area contributed by atoms with E-state index in [1.165, 1.54) is 0 Å². The summed E-state index contributed by atoms with van der Waals surface area (Å²) in [6.45, 7) is 2.45. The normalized spacial score (nSPS) is 17.1. The van der Waals surface area contributed by atoms with E-state index in [4.69, 9.17) is 14.7 Å². The van der Waals surface area contributed by atoms with Crippen LogP contribution in [0.2, 0.25) is 0 Å². The van der Waals surface area contributed by atoms with Crippen LogP contribution in [0.4, 0.5) is 5.69 Å². The van der Waals surface area contributed by atoms with E-state index in [1.807, 2.05) is 6.92 Å². The first-order chi connectivity index (χ1) is 9.60. The summed E-state index contributed by atoms with van der Waals surface area (Å²) in [6, 6.07) is 6.84. The highest BCUT2D eigenvalue weighted by atomic mass is 16.6. The zero-order valence-electron chi connectivity index (χ0n) is 10.8. The highest BCUT2D eigenvalue weighted by Gasteiger charge is 2.31. The highest BCUT2D eigenvalue weighted by molar-refractivity contribution is 6.36. The summed E-state index contributed by atoms with van der Waals surface area (Å²) in [5.74, 6) is -0.908. The summed E-state index contributed by atoms with van der Waals surface area (Å²) in [6.07, 6.45) is -0.953. The number of carbonyl (C=O) groups excluding carboxylic acids is 1. The minimum absolute atomic E-state index is 0.0435. The second kappa shape index (κ2) is 6.05. The average molecular weight is 278 g/mol. The molecule has 1 aliphatic heterocycles. The molecule has 1 heterocycles. The number of hydrogen-bond acceptors (Lipinski definition) is 5. The number of carbonyl (C=O) groups is 2. The number of ether oxygens (including phenoxy) is 1. The van der Waals surface area contributed by atoms with Crippen LogP contribution in [0.5, 0.6) is 5.75 Å². The Morgan fingerprint density at radius 3 is 2.70 bits per heavy atom. The van der Waals surface area contributed by atoms with Crippen LogP contribution >= 0.6 is 0 Å². The fourth-order valence-electron chi connectivity index (χ4n) is 1.67. The number of anilines is 1. The van der Waals surface area contributed by atoms with Gasteiger partial charge in [-0.1, -0.05) is 5.16 Å². The van der Waals surface area contributed by atoms with Crippen molar-refractivity contribution >= 4 is 23.3 Å². The molecular formula is C13H14N2O5. The van der Waals surface area contributed by atoms with Crippen LogP contribution < -0.4 is 10.1 Å². The maximum absolute atomic E-state index is 11.9. The molecule has 0 aliphatic carbocycles. The standard InChI is InChI=1S/C13H14N2O5/c1-2-19-9-5-3-8(4-6-9)14-12(16)11-7-10(13(17)18)15-20-11/h3-6,11H,2,7H2,1H3,(H,14,16)(H,17,18). The molecule has 1 atom stereocenters. The molecule has 2 N–H and O–H groups in total. The SMILES string of the molecule is CCOc1ccc(NC(=O)C2CC(C(=O)O)=NO2)cc1. The molecule has 0 saturated heterocycles. The number of oxime groups is 1. The third kappa shape index (κ3) is 3.25. The second-order valence-electron chi connectivity index (χ2n) is 4.09. The Kier molecular flexibility index (Phi) is 4.19. The van der Waals surface area contributed by atoms with Crippen molar-refractivity contribution in [3.05, 3.63) is 24.3 Å². The van der Waals surface area contributed by atoms with Crippen molar-refractivity contribution in [2.24, 2.45) is 5.16 Å². The summed E-state index contributed by atoms with van der Waals surface area (Å²) in [4.78, 5) is 27.3. The summed E-state index contributed by atoms with van der Waals surface area (Å²) in [7, 11) is 0. The predicted molar refractivity (Wildman–Crippen MR) is 70.8 cm³/mol. The van der Waals surface area contributed by atoms with Gasteiger partial charge in [0, 0.05) is 12.1 Å². The van der Waals surface area contributed by atoms with Gasteiger partial charge < -0.3 is 20.0 Å². The Hall–Kier alpha value is -2.57. The number of benzene rings is 1. The fraction of sp³-hybridized carbons (Fsp3) is 0.308. The van der Waals surface area contributed by atoms with E-state index >= 15 is 0 Å². The van der Waals surface area contributed by atoms with Crippen LogP contribution in [0, 0.1) is 0 Å². The van der Waals surface area contributed by atoms with Gasteiger partial charge >= 0.3 is 5.97 Å². The first-order valence-corrected chi connectivity index (χ1v) is 6.10. The molecule has 1 aromatic carbocycles. The Balaban J connectivity index is 1.91. The van der Waals surface area contributed by atoms with Crippen LogP contribution in [0.3, 0.4) is 0 Å². The summed E-state index contributed by atoms with van der Waals surface area (Å²) >= 11 is 0. The Morgan fingerprint density at radius 2 is 2.15 bits per heavy atom. The van der Waals surface area contributed by atoms with Gasteiger partial charge in [-0.15, -0.1) is 0 Å². The van der Waals surface area contributed by atoms with Crippen LogP contribution in [-0.2, 0) is 14.4 Å². The average Bonchev–Trinajstić information content (AvgIpc) is 2.91. The number of hydrogen-bond donors (Lipinski definition) is 2. The van der Waals surface area contributed by atoms with Gasteiger partial charge in [-0.2, -0.15) is 0 Å². The van der Waals surface area contributed by atoms with Crippen LogP contribution in [0.15, 0.2) is 29.4 Å². The van der Waals surface area contributed by atoms with Crippen molar-refractivity contribution in [1.29, 1.82) is 0 Å². The number of amides is 1. The van der Waals surface area contributed by atoms with E-state index in [0.717, 1.165) is 0 Å². The molecule has 7 heteroatoms. The van der Waals surface area contributed by atoms with E-state index in [0.29, 0.717) is 18.0 Å². The molecule has 1 amide bonds. The molecule has 7 nitrogen and oxygen atoms in total. The van der Waals surface area contributed by atoms with Crippen molar-refractivity contribution < 1.29 is 24.3 Å². The van der Waals surface area contributed by atoms with Gasteiger partial charge in [0.2, 0.25) is 6.10 Å². The Bertz CT molecular complexity index is 538. The van der Waals surface area contributed by atoms with Gasteiger partial charge in [0.1, 0.15) is 5.75 Å². The number of nitrogens with one attached hydrogen (secondary N) is 1. The minimum Gasteiger partial charge on any atom is -0.494 e.